The Kier molecular flexibility index (Phi) is 8.91. The van der Waals surface area contributed by atoms with Crippen molar-refractivity contribution in [3.05, 3.63) is 30.0 Å². The van der Waals surface area contributed by atoms with Gasteiger partial charge in [-0.15, -0.1) is 0 Å². The Labute approximate surface area is 189 Å². The van der Waals surface area contributed by atoms with Crippen LogP contribution in [0.5, 0.6) is 11.5 Å². The van der Waals surface area contributed by atoms with Crippen LogP contribution in [-0.4, -0.2) is 64.7 Å². The first-order valence-electron chi connectivity index (χ1n) is 10.1. The van der Waals surface area contributed by atoms with E-state index in [9.17, 15) is 14.0 Å². The number of hydrogen-bond acceptors (Lipinski definition) is 7. The summed E-state index contributed by atoms with van der Waals surface area (Å²) in [6.07, 6.45) is -0.824. The largest absolute Gasteiger partial charge is 0.490 e. The third-order valence-corrected chi connectivity index (χ3v) is 4.77. The minimum atomic E-state index is -1.40. The lowest BCUT2D eigenvalue weighted by atomic mass is 10.0. The van der Waals surface area contributed by atoms with Crippen LogP contribution in [0.1, 0.15) is 37.0 Å². The number of rotatable bonds is 6. The lowest BCUT2D eigenvalue weighted by molar-refractivity contribution is -0.134. The number of hydrogen-bond donors (Lipinski definition) is 2. The highest BCUT2D eigenvalue weighted by Gasteiger charge is 2.33. The molecule has 33 heavy (non-hydrogen) atoms. The average Bonchev–Trinajstić information content (AvgIpc) is 2.75. The maximum atomic E-state index is 14.7. The van der Waals surface area contributed by atoms with E-state index in [1.807, 2.05) is 13.8 Å². The van der Waals surface area contributed by atoms with E-state index in [1.54, 1.807) is 18.2 Å². The van der Waals surface area contributed by atoms with E-state index < -0.39 is 18.2 Å². The molecule has 1 aliphatic rings. The van der Waals surface area contributed by atoms with Gasteiger partial charge >= 0.3 is 0 Å². The molecule has 0 spiro atoms. The van der Waals surface area contributed by atoms with Gasteiger partial charge in [0.15, 0.2) is 6.17 Å². The van der Waals surface area contributed by atoms with Gasteiger partial charge in [0.1, 0.15) is 24.0 Å². The van der Waals surface area contributed by atoms with Gasteiger partial charge in [-0.05, 0) is 32.0 Å². The zero-order valence-corrected chi connectivity index (χ0v) is 18.2. The van der Waals surface area contributed by atoms with E-state index in [0.29, 0.717) is 28.9 Å². The second-order valence-electron chi connectivity index (χ2n) is 7.45. The number of benzene rings is 1. The molecule has 2 aromatic rings. The molecule has 176 valence electrons. The monoisotopic (exact) mass is 460 g/mol. The number of likely N-dealkylation sites (tertiary alicyclic amines) is 1. The predicted molar refractivity (Wildman–Crippen MR) is 115 cm³/mol. The van der Waals surface area contributed by atoms with Crippen molar-refractivity contribution in [3.63, 3.8) is 0 Å². The molecule has 3 N–H and O–H groups in total. The number of carboxylic acid groups (broad SMARTS) is 1. The van der Waals surface area contributed by atoms with Crippen LogP contribution in [0, 0.1) is 11.3 Å². The zero-order chi connectivity index (χ0) is 24.5. The topological polar surface area (TPSA) is 156 Å². The molecule has 0 unspecified atom stereocenters. The van der Waals surface area contributed by atoms with Crippen LogP contribution in [0.3, 0.4) is 0 Å². The van der Waals surface area contributed by atoms with Crippen LogP contribution in [0.2, 0.25) is 0 Å². The van der Waals surface area contributed by atoms with Crippen molar-refractivity contribution in [2.24, 2.45) is 5.73 Å². The summed E-state index contributed by atoms with van der Waals surface area (Å²) in [6.45, 7) is 3.58. The Hall–Kier alpha value is -3.94. The van der Waals surface area contributed by atoms with E-state index in [-0.39, 0.29) is 43.4 Å². The number of nitrogens with two attached hydrogens (primary N) is 1. The number of alkyl halides is 1. The molecule has 0 saturated carbocycles. The smallest absolute Gasteiger partial charge is 0.290 e. The third kappa shape index (κ3) is 6.52. The zero-order valence-electron chi connectivity index (χ0n) is 18.2. The number of nitriles is 1. The molecule has 2 atom stereocenters. The number of carbonyl (C=O) groups excluding carboxylic acids is 2. The van der Waals surface area contributed by atoms with Crippen molar-refractivity contribution in [1.29, 1.82) is 5.26 Å². The number of pyridine rings is 1. The third-order valence-electron chi connectivity index (χ3n) is 4.77. The highest BCUT2D eigenvalue weighted by molar-refractivity contribution is 6.01. The lowest BCUT2D eigenvalue weighted by Crippen LogP contribution is -2.49. The van der Waals surface area contributed by atoms with E-state index >= 15 is 0 Å². The summed E-state index contributed by atoms with van der Waals surface area (Å²) < 4.78 is 26.4. The summed E-state index contributed by atoms with van der Waals surface area (Å²) in [4.78, 5) is 37.6. The van der Waals surface area contributed by atoms with Gasteiger partial charge in [0.05, 0.1) is 29.8 Å². The number of aromatic nitrogens is 1. The van der Waals surface area contributed by atoms with Crippen LogP contribution in [0.25, 0.3) is 10.9 Å². The summed E-state index contributed by atoms with van der Waals surface area (Å²) in [5, 5.41) is 16.1. The molecule has 2 amide bonds. The van der Waals surface area contributed by atoms with Crippen LogP contribution in [0.4, 0.5) is 4.39 Å². The Morgan fingerprint density at radius 3 is 2.70 bits per heavy atom. The fraction of sp³-hybridized carbons (Fsp3) is 0.409. The Morgan fingerprint density at radius 2 is 2.12 bits per heavy atom. The predicted octanol–water partition coefficient (Wildman–Crippen LogP) is 2.05. The van der Waals surface area contributed by atoms with Crippen molar-refractivity contribution in [1.82, 2.24) is 9.88 Å². The first-order chi connectivity index (χ1) is 15.7. The average molecular weight is 460 g/mol. The van der Waals surface area contributed by atoms with Gasteiger partial charge in [-0.3, -0.25) is 19.4 Å². The SMILES string of the molecule is CC(C)Oc1cc2c(O[C@H]3CCN(C(=O)CC#N)C[C@H]3F)ccnc2cc1C(N)=O.O=CO. The summed E-state index contributed by atoms with van der Waals surface area (Å²) in [5.74, 6) is -0.327. The van der Waals surface area contributed by atoms with Crippen LogP contribution in [0.15, 0.2) is 24.4 Å². The van der Waals surface area contributed by atoms with E-state index in [4.69, 9.17) is 30.4 Å². The molecule has 1 aromatic heterocycles. The van der Waals surface area contributed by atoms with Gasteiger partial charge in [-0.2, -0.15) is 5.26 Å². The van der Waals surface area contributed by atoms with Crippen molar-refractivity contribution in [2.75, 3.05) is 13.1 Å². The molecular formula is C22H25FN4O6. The number of carbonyl (C=O) groups is 3. The molecule has 1 aliphatic heterocycles. The molecule has 2 heterocycles. The number of ether oxygens (including phenoxy) is 2. The summed E-state index contributed by atoms with van der Waals surface area (Å²) in [7, 11) is 0. The van der Waals surface area contributed by atoms with E-state index in [2.05, 4.69) is 4.98 Å². The van der Waals surface area contributed by atoms with Crippen LogP contribution < -0.4 is 15.2 Å². The maximum Gasteiger partial charge on any atom is 0.290 e. The molecule has 3 rings (SSSR count). The Bertz CT molecular complexity index is 1060. The number of halogens is 1. The number of piperidine rings is 1. The highest BCUT2D eigenvalue weighted by atomic mass is 19.1. The molecule has 1 fully saturated rings. The first-order valence-corrected chi connectivity index (χ1v) is 10.1. The number of amides is 2. The normalized spacial score (nSPS) is 17.5. The van der Waals surface area contributed by atoms with Gasteiger partial charge in [0, 0.05) is 24.5 Å². The summed E-state index contributed by atoms with van der Waals surface area (Å²) >= 11 is 0. The summed E-state index contributed by atoms with van der Waals surface area (Å²) in [5.41, 5.74) is 6.14. The maximum absolute atomic E-state index is 14.7. The van der Waals surface area contributed by atoms with Crippen molar-refractivity contribution < 1.29 is 33.4 Å². The molecule has 1 saturated heterocycles. The Balaban J connectivity index is 0.00000122. The lowest BCUT2D eigenvalue weighted by Gasteiger charge is -2.34. The molecule has 0 aliphatic carbocycles. The standard InChI is InChI=1S/C21H23FN4O4.CH2O2/c1-12(2)29-19-10-13-16(9-14(19)21(24)28)25-7-4-17(13)30-18-5-8-26(11-15(18)22)20(27)3-6-23;2-1-3/h4,7,9-10,12,15,18H,3,5,8,11H2,1-2H3,(H2,24,28);1H,(H,2,3)/t15-,18+;/m1./s1. The molecule has 11 heteroatoms. The van der Waals surface area contributed by atoms with Crippen molar-refractivity contribution in [3.8, 4) is 17.6 Å². The number of nitrogens with zero attached hydrogens (tertiary/aromatic N) is 3. The second kappa shape index (κ2) is 11.6. The van der Waals surface area contributed by atoms with Crippen LogP contribution >= 0.6 is 0 Å². The quantitative estimate of drug-likeness (QED) is 0.621. The number of fused-ring (bicyclic) bond motifs is 1. The van der Waals surface area contributed by atoms with Crippen molar-refractivity contribution in [2.45, 2.75) is 45.1 Å². The van der Waals surface area contributed by atoms with Gasteiger partial charge in [0.25, 0.3) is 12.4 Å². The molecule has 10 nitrogen and oxygen atoms in total. The van der Waals surface area contributed by atoms with E-state index in [1.165, 1.54) is 17.2 Å². The molecular weight excluding hydrogens is 435 g/mol. The minimum Gasteiger partial charge on any atom is -0.490 e. The van der Waals surface area contributed by atoms with Gasteiger partial charge in [-0.1, -0.05) is 0 Å². The first kappa shape index (κ1) is 25.3. The second-order valence-corrected chi connectivity index (χ2v) is 7.45. The van der Waals surface area contributed by atoms with Crippen LogP contribution in [-0.2, 0) is 9.59 Å². The summed E-state index contributed by atoms with van der Waals surface area (Å²) in [6, 6.07) is 6.55. The fourth-order valence-electron chi connectivity index (χ4n) is 3.38. The molecule has 1 aromatic carbocycles. The van der Waals surface area contributed by atoms with Gasteiger partial charge < -0.3 is 25.2 Å². The number of primary amides is 1. The fourth-order valence-corrected chi connectivity index (χ4v) is 3.38. The highest BCUT2D eigenvalue weighted by Crippen LogP contribution is 2.33. The van der Waals surface area contributed by atoms with E-state index in [0.717, 1.165) is 0 Å². The van der Waals surface area contributed by atoms with Gasteiger partial charge in [0.2, 0.25) is 5.91 Å². The van der Waals surface area contributed by atoms with Gasteiger partial charge in [-0.25, -0.2) is 4.39 Å². The Morgan fingerprint density at radius 1 is 1.42 bits per heavy atom. The molecule has 0 bridgehead atoms. The van der Waals surface area contributed by atoms with Crippen molar-refractivity contribution >= 4 is 29.2 Å². The minimum absolute atomic E-state index is 0.123. The molecule has 0 radical (unpaired) electrons.